The van der Waals surface area contributed by atoms with E-state index >= 15 is 0 Å². The van der Waals surface area contributed by atoms with Crippen LogP contribution in [0.3, 0.4) is 0 Å². The molecule has 0 N–H and O–H groups in total. The van der Waals surface area contributed by atoms with Crippen LogP contribution in [0.25, 0.3) is 0 Å². The summed E-state index contributed by atoms with van der Waals surface area (Å²) in [5.41, 5.74) is 0. The third-order valence-corrected chi connectivity index (χ3v) is 16.6. The van der Waals surface area contributed by atoms with Gasteiger partial charge in [0, 0.05) is 12.8 Å². The summed E-state index contributed by atoms with van der Waals surface area (Å²) in [5, 5.41) is 0. The monoisotopic (exact) mass is 1270 g/mol. The highest BCUT2D eigenvalue weighted by Gasteiger charge is 2.22. The van der Waals surface area contributed by atoms with Crippen LogP contribution in [0.4, 0.5) is 0 Å². The standard InChI is InChI=1S/C80H138NO8P/c1-6-8-10-12-14-16-18-20-22-24-26-28-30-32-34-35-36-37-38-39-40-41-42-43-44-45-47-49-51-53-55-57-59-61-63-65-67-69-71-73-80(83)89-78(77-88-90(84,85)87-75-74-81(3,4)5)76-86-79(82)72-70-68-66-64-62-60-58-56-54-52-50-48-46-33-31-29-27-25-23-21-19-17-15-13-11-9-7-2/h8-11,14-17,20-23,26-29,32-34,36-37,46,78H,6-7,12-13,18-19,24-25,30-31,35,38-45,47-77H2,1-5H3/b10-8-,11-9-,16-14-,17-15-,22-20-,23-21-,28-26-,29-27-,34-32-,37-36-,46-33-. The molecule has 90 heavy (non-hydrogen) atoms. The zero-order chi connectivity index (χ0) is 65.5. The van der Waals surface area contributed by atoms with Crippen LogP contribution < -0.4 is 4.89 Å². The van der Waals surface area contributed by atoms with Gasteiger partial charge in [-0.25, -0.2) is 0 Å². The van der Waals surface area contributed by atoms with Crippen molar-refractivity contribution < 1.29 is 42.1 Å². The number of likely N-dealkylation sites (N-methyl/N-ethyl adjacent to an activating group) is 1. The second kappa shape index (κ2) is 69.5. The van der Waals surface area contributed by atoms with Crippen LogP contribution in [-0.2, 0) is 32.7 Å². The Balaban J connectivity index is 4.00. The van der Waals surface area contributed by atoms with Crippen LogP contribution in [0, 0.1) is 0 Å². The van der Waals surface area contributed by atoms with Crippen molar-refractivity contribution in [1.29, 1.82) is 0 Å². The minimum absolute atomic E-state index is 0.0349. The summed E-state index contributed by atoms with van der Waals surface area (Å²) in [6.07, 6.45) is 101. The molecule has 0 aromatic carbocycles. The number of ether oxygens (including phenoxy) is 2. The molecule has 10 heteroatoms. The first kappa shape index (κ1) is 86.2. The molecule has 2 atom stereocenters. The Morgan fingerprint density at radius 1 is 0.344 bits per heavy atom. The summed E-state index contributed by atoms with van der Waals surface area (Å²) in [6.45, 7) is 4.03. The third kappa shape index (κ3) is 73.2. The van der Waals surface area contributed by atoms with Crippen LogP contribution in [0.2, 0.25) is 0 Å². The van der Waals surface area contributed by atoms with E-state index < -0.39 is 26.5 Å². The molecule has 2 unspecified atom stereocenters. The molecular weight excluding hydrogens is 1130 g/mol. The van der Waals surface area contributed by atoms with Crippen LogP contribution in [0.15, 0.2) is 134 Å². The molecule has 0 radical (unpaired) electrons. The second-order valence-electron chi connectivity index (χ2n) is 25.5. The number of quaternary nitrogens is 1. The predicted octanol–water partition coefficient (Wildman–Crippen LogP) is 23.8. The molecule has 0 saturated heterocycles. The Hall–Kier alpha value is -3.85. The molecule has 0 rings (SSSR count). The van der Waals surface area contributed by atoms with Gasteiger partial charge in [0.15, 0.2) is 6.10 Å². The van der Waals surface area contributed by atoms with Gasteiger partial charge in [-0.15, -0.1) is 0 Å². The number of phosphoric ester groups is 1. The summed E-state index contributed by atoms with van der Waals surface area (Å²) >= 11 is 0. The fourth-order valence-corrected chi connectivity index (χ4v) is 10.8. The van der Waals surface area contributed by atoms with E-state index in [-0.39, 0.29) is 32.0 Å². The van der Waals surface area contributed by atoms with Gasteiger partial charge in [-0.05, 0) is 109 Å². The molecular formula is C80H138NO8P. The van der Waals surface area contributed by atoms with E-state index in [1.54, 1.807) is 0 Å². The molecule has 0 saturated carbocycles. The highest BCUT2D eigenvalue weighted by Crippen LogP contribution is 2.38. The Labute approximate surface area is 555 Å². The van der Waals surface area contributed by atoms with Gasteiger partial charge in [0.05, 0.1) is 27.7 Å². The van der Waals surface area contributed by atoms with Crippen molar-refractivity contribution >= 4 is 19.8 Å². The van der Waals surface area contributed by atoms with Crippen LogP contribution in [-0.4, -0.2) is 70.0 Å². The molecule has 0 aliphatic rings. The van der Waals surface area contributed by atoms with Crippen molar-refractivity contribution in [2.45, 2.75) is 315 Å². The number of carbonyl (C=O) groups excluding carboxylic acids is 2. The maximum Gasteiger partial charge on any atom is 0.306 e. The molecule has 0 aromatic rings. The number of nitrogens with zero attached hydrogens (tertiary/aromatic N) is 1. The lowest BCUT2D eigenvalue weighted by atomic mass is 10.0. The number of hydrogen-bond acceptors (Lipinski definition) is 8. The zero-order valence-corrected chi connectivity index (χ0v) is 59.7. The first-order valence-electron chi connectivity index (χ1n) is 36.9. The molecule has 0 amide bonds. The van der Waals surface area contributed by atoms with Gasteiger partial charge < -0.3 is 27.9 Å². The summed E-state index contributed by atoms with van der Waals surface area (Å²) < 4.78 is 34.4. The van der Waals surface area contributed by atoms with E-state index in [1.165, 1.54) is 161 Å². The smallest absolute Gasteiger partial charge is 0.306 e. The lowest BCUT2D eigenvalue weighted by Crippen LogP contribution is -2.37. The number of allylic oxidation sites excluding steroid dienone is 22. The van der Waals surface area contributed by atoms with Crippen molar-refractivity contribution in [2.24, 2.45) is 0 Å². The summed E-state index contributed by atoms with van der Waals surface area (Å²) in [7, 11) is 1.16. The molecule has 0 spiro atoms. The normalized spacial score (nSPS) is 13.9. The fourth-order valence-electron chi connectivity index (χ4n) is 10.1. The first-order valence-corrected chi connectivity index (χ1v) is 38.4. The molecule has 0 fully saturated rings. The van der Waals surface area contributed by atoms with Crippen LogP contribution >= 0.6 is 7.82 Å². The molecule has 0 heterocycles. The highest BCUT2D eigenvalue weighted by atomic mass is 31.2. The largest absolute Gasteiger partial charge is 0.756 e. The lowest BCUT2D eigenvalue weighted by Gasteiger charge is -2.28. The van der Waals surface area contributed by atoms with E-state index in [0.717, 1.165) is 116 Å². The number of carbonyl (C=O) groups is 2. The average molecular weight is 1270 g/mol. The van der Waals surface area contributed by atoms with E-state index in [1.807, 2.05) is 21.1 Å². The van der Waals surface area contributed by atoms with E-state index in [9.17, 15) is 19.0 Å². The Morgan fingerprint density at radius 3 is 0.889 bits per heavy atom. The summed E-state index contributed by atoms with van der Waals surface area (Å²) in [4.78, 5) is 38.1. The highest BCUT2D eigenvalue weighted by molar-refractivity contribution is 7.45. The minimum atomic E-state index is -4.65. The summed E-state index contributed by atoms with van der Waals surface area (Å²) in [6, 6.07) is 0. The fraction of sp³-hybridized carbons (Fsp3) is 0.700. The summed E-state index contributed by atoms with van der Waals surface area (Å²) in [5.74, 6) is -0.831. The molecule has 516 valence electrons. The Bertz CT molecular complexity index is 1980. The van der Waals surface area contributed by atoms with Gasteiger partial charge >= 0.3 is 11.9 Å². The van der Waals surface area contributed by atoms with Gasteiger partial charge in [0.2, 0.25) is 0 Å². The lowest BCUT2D eigenvalue weighted by molar-refractivity contribution is -0.870. The zero-order valence-electron chi connectivity index (χ0n) is 58.8. The Kier molecular flexibility index (Phi) is 66.5. The maximum absolute atomic E-state index is 12.9. The molecule has 9 nitrogen and oxygen atoms in total. The number of rotatable bonds is 67. The van der Waals surface area contributed by atoms with E-state index in [2.05, 4.69) is 148 Å². The van der Waals surface area contributed by atoms with Gasteiger partial charge in [-0.3, -0.25) is 14.2 Å². The van der Waals surface area contributed by atoms with Gasteiger partial charge in [0.1, 0.15) is 19.8 Å². The van der Waals surface area contributed by atoms with Crippen LogP contribution in [0.5, 0.6) is 0 Å². The predicted molar refractivity (Wildman–Crippen MR) is 388 cm³/mol. The van der Waals surface area contributed by atoms with Crippen molar-refractivity contribution in [3.05, 3.63) is 134 Å². The minimum Gasteiger partial charge on any atom is -0.756 e. The van der Waals surface area contributed by atoms with Crippen molar-refractivity contribution in [3.8, 4) is 0 Å². The SMILES string of the molecule is CC/C=C\C/C=C\C/C=C\C/C=C\C/C=C\C/C=C\CCCCCCCCCCCCCCCCCCCCCCC(=O)OC(COC(=O)CCCCCCCCCCCCC/C=C\C/C=C\C/C=C\C/C=C\C/C=C\CC)COP(=O)([O-])OCC[N+](C)(C)C. The van der Waals surface area contributed by atoms with Crippen molar-refractivity contribution in [3.63, 3.8) is 0 Å². The third-order valence-electron chi connectivity index (χ3n) is 15.7. The molecule has 0 aliphatic heterocycles. The quantitative estimate of drug-likeness (QED) is 0.0195. The van der Waals surface area contributed by atoms with Gasteiger partial charge in [-0.2, -0.15) is 0 Å². The first-order chi connectivity index (χ1) is 44.0. The molecule has 0 aromatic heterocycles. The maximum atomic E-state index is 12.9. The van der Waals surface area contributed by atoms with E-state index in [0.29, 0.717) is 17.4 Å². The number of hydrogen-bond donors (Lipinski definition) is 0. The van der Waals surface area contributed by atoms with Crippen molar-refractivity contribution in [2.75, 3.05) is 47.5 Å². The van der Waals surface area contributed by atoms with E-state index in [4.69, 9.17) is 18.5 Å². The van der Waals surface area contributed by atoms with Crippen molar-refractivity contribution in [1.82, 2.24) is 0 Å². The Morgan fingerprint density at radius 2 is 0.600 bits per heavy atom. The average Bonchev–Trinajstić information content (AvgIpc) is 3.58. The molecule has 0 aliphatic carbocycles. The van der Waals surface area contributed by atoms with Gasteiger partial charge in [0.25, 0.3) is 7.82 Å². The topological polar surface area (TPSA) is 111 Å². The number of esters is 2. The molecule has 0 bridgehead atoms. The number of phosphoric acid groups is 1. The van der Waals surface area contributed by atoms with Crippen LogP contribution in [0.1, 0.15) is 309 Å². The number of unbranched alkanes of at least 4 members (excludes halogenated alkanes) is 31. The second-order valence-corrected chi connectivity index (χ2v) is 27.0. The van der Waals surface area contributed by atoms with Gasteiger partial charge in [-0.1, -0.05) is 321 Å².